The minimum absolute atomic E-state index is 0.0662. The molecule has 0 spiro atoms. The van der Waals surface area contributed by atoms with E-state index < -0.39 is 11.9 Å². The number of ether oxygens (including phenoxy) is 3. The molecule has 0 bridgehead atoms. The van der Waals surface area contributed by atoms with E-state index in [0.717, 1.165) is 48.9 Å². The Kier molecular flexibility index (Phi) is 8.24. The number of nitrogens with one attached hydrogen (secondary N) is 1. The molecule has 2 aliphatic rings. The van der Waals surface area contributed by atoms with Crippen molar-refractivity contribution < 1.29 is 23.8 Å². The standard InChI is InChI=1S/C29H33NO5/c1-3-4-8-16-34-29(32)22-18-30-23-12-9-13-24(31)28(23)27(22)21-14-15-25(26(17-21)33-2)35-19-20-10-6-5-7-11-20/h5-7,10-11,14-15,17-18,27,30H,3-4,8-9,12-13,16,19H2,1-2H3/t27-/m0/s1. The predicted octanol–water partition coefficient (Wildman–Crippen LogP) is 5.59. The number of carbonyl (C=O) groups is 2. The molecule has 2 aromatic rings. The summed E-state index contributed by atoms with van der Waals surface area (Å²) in [6, 6.07) is 15.5. The first-order chi connectivity index (χ1) is 17.1. The lowest BCUT2D eigenvalue weighted by Gasteiger charge is -2.32. The molecular formula is C29H33NO5. The van der Waals surface area contributed by atoms with Crippen molar-refractivity contribution >= 4 is 11.8 Å². The molecule has 35 heavy (non-hydrogen) atoms. The van der Waals surface area contributed by atoms with E-state index in [2.05, 4.69) is 12.2 Å². The van der Waals surface area contributed by atoms with Gasteiger partial charge in [0.15, 0.2) is 17.3 Å². The van der Waals surface area contributed by atoms with E-state index >= 15 is 0 Å². The second-order valence-corrected chi connectivity index (χ2v) is 8.87. The van der Waals surface area contributed by atoms with Crippen LogP contribution in [0.2, 0.25) is 0 Å². The number of benzene rings is 2. The number of dihydropyridines is 1. The van der Waals surface area contributed by atoms with Gasteiger partial charge in [0, 0.05) is 29.8 Å². The van der Waals surface area contributed by atoms with Gasteiger partial charge in [-0.1, -0.05) is 56.2 Å². The van der Waals surface area contributed by atoms with E-state index in [0.29, 0.717) is 42.3 Å². The third kappa shape index (κ3) is 5.76. The van der Waals surface area contributed by atoms with Gasteiger partial charge in [-0.3, -0.25) is 4.79 Å². The molecule has 0 amide bonds. The summed E-state index contributed by atoms with van der Waals surface area (Å²) in [4.78, 5) is 26.1. The SMILES string of the molecule is CCCCCOC(=O)C1=CNC2=C(C(=O)CCC2)[C@H]1c1ccc(OCc2ccccc2)c(OC)c1. The van der Waals surface area contributed by atoms with Crippen molar-refractivity contribution in [2.45, 2.75) is 58.0 Å². The monoisotopic (exact) mass is 475 g/mol. The molecule has 2 aromatic carbocycles. The first-order valence-corrected chi connectivity index (χ1v) is 12.4. The molecule has 1 aliphatic heterocycles. The lowest BCUT2D eigenvalue weighted by molar-refractivity contribution is -0.139. The molecule has 0 saturated carbocycles. The Labute approximate surface area is 207 Å². The van der Waals surface area contributed by atoms with Gasteiger partial charge in [0.1, 0.15) is 6.61 Å². The van der Waals surface area contributed by atoms with Crippen LogP contribution in [-0.4, -0.2) is 25.5 Å². The average molecular weight is 476 g/mol. The van der Waals surface area contributed by atoms with Crippen LogP contribution in [-0.2, 0) is 20.9 Å². The quantitative estimate of drug-likeness (QED) is 0.357. The van der Waals surface area contributed by atoms with Crippen molar-refractivity contribution in [3.63, 3.8) is 0 Å². The largest absolute Gasteiger partial charge is 0.493 e. The van der Waals surface area contributed by atoms with Gasteiger partial charge in [-0.2, -0.15) is 0 Å². The highest BCUT2D eigenvalue weighted by Crippen LogP contribution is 2.43. The molecule has 0 unspecified atom stereocenters. The van der Waals surface area contributed by atoms with Gasteiger partial charge in [0.2, 0.25) is 0 Å². The molecule has 0 aromatic heterocycles. The second kappa shape index (κ2) is 11.7. The summed E-state index contributed by atoms with van der Waals surface area (Å²) in [5.74, 6) is 0.321. The maximum absolute atomic E-state index is 13.1. The van der Waals surface area contributed by atoms with Gasteiger partial charge in [-0.05, 0) is 42.5 Å². The fourth-order valence-corrected chi connectivity index (χ4v) is 4.59. The summed E-state index contributed by atoms with van der Waals surface area (Å²) < 4.78 is 17.2. The third-order valence-electron chi connectivity index (χ3n) is 6.43. The smallest absolute Gasteiger partial charge is 0.336 e. The maximum Gasteiger partial charge on any atom is 0.336 e. The van der Waals surface area contributed by atoms with E-state index in [1.165, 1.54) is 0 Å². The molecule has 184 valence electrons. The highest BCUT2D eigenvalue weighted by Gasteiger charge is 2.37. The number of hydrogen-bond donors (Lipinski definition) is 1. The molecule has 1 heterocycles. The topological polar surface area (TPSA) is 73.9 Å². The van der Waals surface area contributed by atoms with Crippen molar-refractivity contribution in [1.29, 1.82) is 0 Å². The predicted molar refractivity (Wildman–Crippen MR) is 134 cm³/mol. The Balaban J connectivity index is 1.62. The van der Waals surface area contributed by atoms with Gasteiger partial charge in [-0.15, -0.1) is 0 Å². The molecule has 1 aliphatic carbocycles. The number of unbranched alkanes of at least 4 members (excludes halogenated alkanes) is 2. The van der Waals surface area contributed by atoms with Crippen LogP contribution in [0.15, 0.2) is 71.6 Å². The number of hydrogen-bond acceptors (Lipinski definition) is 6. The van der Waals surface area contributed by atoms with Crippen LogP contribution in [0.1, 0.15) is 62.5 Å². The number of rotatable bonds is 10. The molecule has 1 N–H and O–H groups in total. The van der Waals surface area contributed by atoms with Gasteiger partial charge >= 0.3 is 5.97 Å². The first kappa shape index (κ1) is 24.6. The van der Waals surface area contributed by atoms with Crippen LogP contribution >= 0.6 is 0 Å². The summed E-state index contributed by atoms with van der Waals surface area (Å²) in [5, 5.41) is 3.20. The van der Waals surface area contributed by atoms with E-state index in [-0.39, 0.29) is 5.78 Å². The van der Waals surface area contributed by atoms with Crippen LogP contribution in [0.25, 0.3) is 0 Å². The van der Waals surface area contributed by atoms with Gasteiger partial charge < -0.3 is 19.5 Å². The highest BCUT2D eigenvalue weighted by atomic mass is 16.5. The molecule has 1 atom stereocenters. The second-order valence-electron chi connectivity index (χ2n) is 8.87. The minimum atomic E-state index is -0.505. The van der Waals surface area contributed by atoms with Gasteiger partial charge in [-0.25, -0.2) is 4.79 Å². The van der Waals surface area contributed by atoms with Crippen LogP contribution in [0, 0.1) is 0 Å². The van der Waals surface area contributed by atoms with Gasteiger partial charge in [0.05, 0.1) is 19.3 Å². The number of carbonyl (C=O) groups excluding carboxylic acids is 2. The van der Waals surface area contributed by atoms with E-state index in [1.807, 2.05) is 48.5 Å². The number of Topliss-reactive ketones (excluding diaryl/α,β-unsaturated/α-hetero) is 1. The Hall–Kier alpha value is -3.54. The average Bonchev–Trinajstić information content (AvgIpc) is 2.90. The summed E-state index contributed by atoms with van der Waals surface area (Å²) >= 11 is 0. The number of methoxy groups -OCH3 is 1. The summed E-state index contributed by atoms with van der Waals surface area (Å²) in [5.41, 5.74) is 3.83. The zero-order valence-corrected chi connectivity index (χ0v) is 20.5. The van der Waals surface area contributed by atoms with E-state index in [9.17, 15) is 9.59 Å². The third-order valence-corrected chi connectivity index (χ3v) is 6.43. The van der Waals surface area contributed by atoms with Crippen LogP contribution in [0.3, 0.4) is 0 Å². The lowest BCUT2D eigenvalue weighted by atomic mass is 9.76. The molecule has 6 heteroatoms. The zero-order chi connectivity index (χ0) is 24.6. The molecule has 0 fully saturated rings. The van der Waals surface area contributed by atoms with Crippen molar-refractivity contribution in [1.82, 2.24) is 5.32 Å². The number of ketones is 1. The van der Waals surface area contributed by atoms with Crippen molar-refractivity contribution in [2.75, 3.05) is 13.7 Å². The fraction of sp³-hybridized carbons (Fsp3) is 0.379. The lowest BCUT2D eigenvalue weighted by Crippen LogP contribution is -2.31. The van der Waals surface area contributed by atoms with E-state index in [1.54, 1.807) is 13.3 Å². The maximum atomic E-state index is 13.1. The van der Waals surface area contributed by atoms with E-state index in [4.69, 9.17) is 14.2 Å². The van der Waals surface area contributed by atoms with Crippen LogP contribution in [0.4, 0.5) is 0 Å². The molecular weight excluding hydrogens is 442 g/mol. The van der Waals surface area contributed by atoms with Gasteiger partial charge in [0.25, 0.3) is 0 Å². The fourth-order valence-electron chi connectivity index (χ4n) is 4.59. The van der Waals surface area contributed by atoms with Crippen molar-refractivity contribution in [3.05, 3.63) is 82.7 Å². The number of allylic oxidation sites excluding steroid dienone is 2. The molecule has 4 rings (SSSR count). The Morgan fingerprint density at radius 2 is 1.89 bits per heavy atom. The molecule has 0 radical (unpaired) electrons. The highest BCUT2D eigenvalue weighted by molar-refractivity contribution is 6.03. The van der Waals surface area contributed by atoms with Crippen molar-refractivity contribution in [3.8, 4) is 11.5 Å². The summed E-state index contributed by atoms with van der Waals surface area (Å²) in [6.07, 6.45) is 6.64. The Morgan fingerprint density at radius 1 is 1.06 bits per heavy atom. The van der Waals surface area contributed by atoms with Crippen molar-refractivity contribution in [2.24, 2.45) is 0 Å². The van der Waals surface area contributed by atoms with Crippen LogP contribution in [0.5, 0.6) is 11.5 Å². The van der Waals surface area contributed by atoms with Crippen LogP contribution < -0.4 is 14.8 Å². The summed E-state index contributed by atoms with van der Waals surface area (Å²) in [6.45, 7) is 2.88. The summed E-state index contributed by atoms with van der Waals surface area (Å²) in [7, 11) is 1.59. The Bertz CT molecular complexity index is 1120. The molecule has 6 nitrogen and oxygen atoms in total. The normalized spacial score (nSPS) is 17.3. The number of esters is 1. The minimum Gasteiger partial charge on any atom is -0.493 e. The molecule has 0 saturated heterocycles. The Morgan fingerprint density at radius 3 is 2.66 bits per heavy atom. The first-order valence-electron chi connectivity index (χ1n) is 12.4. The zero-order valence-electron chi connectivity index (χ0n) is 20.5.